The lowest BCUT2D eigenvalue weighted by Crippen LogP contribution is -2.08. The van der Waals surface area contributed by atoms with Gasteiger partial charge in [0.2, 0.25) is 11.8 Å². The van der Waals surface area contributed by atoms with Crippen LogP contribution in [0.3, 0.4) is 0 Å². The number of aromatic carboxylic acids is 1. The molecule has 18 heavy (non-hydrogen) atoms. The average molecular weight is 249 g/mol. The monoisotopic (exact) mass is 249 g/mol. The van der Waals surface area contributed by atoms with Gasteiger partial charge >= 0.3 is 5.97 Å². The molecule has 0 saturated carbocycles. The number of carboxylic acid groups (broad SMARTS) is 1. The van der Waals surface area contributed by atoms with E-state index in [4.69, 9.17) is 9.63 Å². The Morgan fingerprint density at radius 1 is 1.44 bits per heavy atom. The Morgan fingerprint density at radius 2 is 2.22 bits per heavy atom. The zero-order chi connectivity index (χ0) is 13.1. The molecule has 0 unspecified atom stereocenters. The van der Waals surface area contributed by atoms with Crippen LogP contribution in [0.5, 0.6) is 0 Å². The molecule has 0 aliphatic heterocycles. The zero-order valence-corrected chi connectivity index (χ0v) is 9.84. The molecular weight excluding hydrogens is 238 g/mol. The van der Waals surface area contributed by atoms with Crippen LogP contribution in [0, 0.1) is 13.8 Å². The van der Waals surface area contributed by atoms with Gasteiger partial charge in [0.1, 0.15) is 0 Å². The van der Waals surface area contributed by atoms with Gasteiger partial charge in [0.05, 0.1) is 17.8 Å². The van der Waals surface area contributed by atoms with Crippen LogP contribution in [0.2, 0.25) is 0 Å². The summed E-state index contributed by atoms with van der Waals surface area (Å²) in [5.41, 5.74) is 0.468. The van der Waals surface area contributed by atoms with E-state index in [2.05, 4.69) is 25.4 Å². The molecule has 8 heteroatoms. The summed E-state index contributed by atoms with van der Waals surface area (Å²) in [7, 11) is 0. The number of nitrogens with one attached hydrogen (secondary N) is 1. The highest BCUT2D eigenvalue weighted by Gasteiger charge is 2.10. The largest absolute Gasteiger partial charge is 0.478 e. The van der Waals surface area contributed by atoms with Crippen LogP contribution in [-0.2, 0) is 6.54 Å². The van der Waals surface area contributed by atoms with Crippen LogP contribution in [-0.4, -0.2) is 31.2 Å². The minimum absolute atomic E-state index is 0.0779. The normalized spacial score (nSPS) is 10.3. The number of carbonyl (C=O) groups is 1. The number of aromatic nitrogens is 4. The predicted molar refractivity (Wildman–Crippen MR) is 60.1 cm³/mol. The highest BCUT2D eigenvalue weighted by Crippen LogP contribution is 2.08. The molecule has 0 aromatic carbocycles. The Hall–Kier alpha value is -2.51. The lowest BCUT2D eigenvalue weighted by Gasteiger charge is -2.04. The van der Waals surface area contributed by atoms with Crippen molar-refractivity contribution in [1.29, 1.82) is 0 Å². The van der Waals surface area contributed by atoms with Gasteiger partial charge in [-0.1, -0.05) is 5.16 Å². The van der Waals surface area contributed by atoms with Gasteiger partial charge < -0.3 is 14.9 Å². The van der Waals surface area contributed by atoms with Crippen molar-refractivity contribution < 1.29 is 14.4 Å². The third-order valence-electron chi connectivity index (χ3n) is 2.18. The first-order valence-corrected chi connectivity index (χ1v) is 5.16. The van der Waals surface area contributed by atoms with Gasteiger partial charge in [-0.05, 0) is 13.8 Å². The number of aryl methyl sites for hydroxylation is 2. The van der Waals surface area contributed by atoms with Crippen LogP contribution < -0.4 is 5.32 Å². The van der Waals surface area contributed by atoms with Crippen LogP contribution in [0.4, 0.5) is 5.95 Å². The second-order valence-electron chi connectivity index (χ2n) is 3.59. The number of carboxylic acids is 1. The van der Waals surface area contributed by atoms with E-state index in [0.29, 0.717) is 23.4 Å². The fraction of sp³-hybridized carbons (Fsp3) is 0.300. The summed E-state index contributed by atoms with van der Waals surface area (Å²) < 4.78 is 4.90. The first kappa shape index (κ1) is 12.0. The lowest BCUT2D eigenvalue weighted by molar-refractivity contribution is 0.0695. The van der Waals surface area contributed by atoms with Crippen LogP contribution in [0.15, 0.2) is 10.7 Å². The van der Waals surface area contributed by atoms with Crippen molar-refractivity contribution in [2.75, 3.05) is 5.32 Å². The molecule has 2 heterocycles. The first-order chi connectivity index (χ1) is 8.56. The molecule has 2 aromatic heterocycles. The molecule has 0 atom stereocenters. The number of hydrogen-bond acceptors (Lipinski definition) is 7. The molecule has 0 saturated heterocycles. The van der Waals surface area contributed by atoms with Crippen molar-refractivity contribution in [1.82, 2.24) is 20.1 Å². The first-order valence-electron chi connectivity index (χ1n) is 5.16. The maximum atomic E-state index is 10.8. The minimum Gasteiger partial charge on any atom is -0.478 e. The van der Waals surface area contributed by atoms with Crippen molar-refractivity contribution in [2.45, 2.75) is 20.4 Å². The maximum absolute atomic E-state index is 10.8. The zero-order valence-electron chi connectivity index (χ0n) is 9.84. The van der Waals surface area contributed by atoms with Crippen molar-refractivity contribution in [3.05, 3.63) is 29.2 Å². The summed E-state index contributed by atoms with van der Waals surface area (Å²) in [6, 6.07) is 0. The average Bonchev–Trinajstić information content (AvgIpc) is 2.72. The van der Waals surface area contributed by atoms with Gasteiger partial charge in [-0.3, -0.25) is 0 Å². The summed E-state index contributed by atoms with van der Waals surface area (Å²) >= 11 is 0. The summed E-state index contributed by atoms with van der Waals surface area (Å²) in [4.78, 5) is 22.7. The lowest BCUT2D eigenvalue weighted by atomic mass is 10.2. The summed E-state index contributed by atoms with van der Waals surface area (Å²) in [5, 5.41) is 15.3. The van der Waals surface area contributed by atoms with Gasteiger partial charge in [0.25, 0.3) is 0 Å². The molecule has 0 spiro atoms. The highest BCUT2D eigenvalue weighted by atomic mass is 16.5. The Bertz CT molecular complexity index is 581. The minimum atomic E-state index is -1.05. The van der Waals surface area contributed by atoms with Crippen molar-refractivity contribution in [3.63, 3.8) is 0 Å². The fourth-order valence-corrected chi connectivity index (χ4v) is 1.33. The number of anilines is 1. The van der Waals surface area contributed by atoms with E-state index >= 15 is 0 Å². The third-order valence-corrected chi connectivity index (χ3v) is 2.18. The quantitative estimate of drug-likeness (QED) is 0.817. The predicted octanol–water partition coefficient (Wildman–Crippen LogP) is 0.787. The van der Waals surface area contributed by atoms with Gasteiger partial charge in [0, 0.05) is 6.20 Å². The highest BCUT2D eigenvalue weighted by molar-refractivity contribution is 5.88. The Morgan fingerprint density at radius 3 is 2.78 bits per heavy atom. The fourth-order valence-electron chi connectivity index (χ4n) is 1.33. The molecule has 0 aliphatic carbocycles. The SMILES string of the molecule is Cc1noc(CNc2ncc(C(=O)O)c(C)n2)n1. The Labute approximate surface area is 102 Å². The van der Waals surface area contributed by atoms with Gasteiger partial charge in [-0.2, -0.15) is 4.98 Å². The summed E-state index contributed by atoms with van der Waals surface area (Å²) in [6.07, 6.45) is 1.26. The third kappa shape index (κ3) is 2.59. The van der Waals surface area contributed by atoms with E-state index in [1.165, 1.54) is 6.20 Å². The summed E-state index contributed by atoms with van der Waals surface area (Å²) in [6.45, 7) is 3.61. The van der Waals surface area contributed by atoms with E-state index in [1.807, 2.05) is 0 Å². The van der Waals surface area contributed by atoms with Crippen molar-refractivity contribution in [3.8, 4) is 0 Å². The molecular formula is C10H11N5O3. The van der Waals surface area contributed by atoms with Crippen LogP contribution >= 0.6 is 0 Å². The van der Waals surface area contributed by atoms with E-state index < -0.39 is 5.97 Å². The second kappa shape index (κ2) is 4.78. The maximum Gasteiger partial charge on any atom is 0.339 e. The van der Waals surface area contributed by atoms with E-state index in [1.54, 1.807) is 13.8 Å². The smallest absolute Gasteiger partial charge is 0.339 e. The molecule has 8 nitrogen and oxygen atoms in total. The number of nitrogens with zero attached hydrogens (tertiary/aromatic N) is 4. The number of rotatable bonds is 4. The Kier molecular flexibility index (Phi) is 3.18. The molecule has 0 radical (unpaired) electrons. The van der Waals surface area contributed by atoms with Crippen molar-refractivity contribution >= 4 is 11.9 Å². The van der Waals surface area contributed by atoms with Gasteiger partial charge in [-0.15, -0.1) is 0 Å². The molecule has 0 bridgehead atoms. The molecule has 94 valence electrons. The van der Waals surface area contributed by atoms with E-state index in [0.717, 1.165) is 0 Å². The van der Waals surface area contributed by atoms with E-state index in [-0.39, 0.29) is 12.1 Å². The molecule has 0 aliphatic rings. The summed E-state index contributed by atoms with van der Waals surface area (Å²) in [5.74, 6) is 0.223. The molecule has 2 aromatic rings. The number of hydrogen-bond donors (Lipinski definition) is 2. The van der Waals surface area contributed by atoms with E-state index in [9.17, 15) is 4.79 Å². The molecule has 0 amide bonds. The van der Waals surface area contributed by atoms with Crippen LogP contribution in [0.25, 0.3) is 0 Å². The topological polar surface area (TPSA) is 114 Å². The molecule has 0 fully saturated rings. The Balaban J connectivity index is 2.06. The second-order valence-corrected chi connectivity index (χ2v) is 3.59. The van der Waals surface area contributed by atoms with Crippen LogP contribution in [0.1, 0.15) is 27.8 Å². The molecule has 2 rings (SSSR count). The van der Waals surface area contributed by atoms with Gasteiger partial charge in [-0.25, -0.2) is 14.8 Å². The molecule has 2 N–H and O–H groups in total. The van der Waals surface area contributed by atoms with Crippen molar-refractivity contribution in [2.24, 2.45) is 0 Å². The standard InChI is InChI=1S/C10H11N5O3/c1-5-7(9(16)17)3-11-10(13-5)12-4-8-14-6(2)15-18-8/h3H,4H2,1-2H3,(H,16,17)(H,11,12,13). The van der Waals surface area contributed by atoms with Gasteiger partial charge in [0.15, 0.2) is 5.82 Å².